The predicted octanol–water partition coefficient (Wildman–Crippen LogP) is 7.94. The van der Waals surface area contributed by atoms with Gasteiger partial charge in [0.15, 0.2) is 23.3 Å². The quantitative estimate of drug-likeness (QED) is 0.0158. The number of para-hydroxylation sites is 4. The fourth-order valence-corrected chi connectivity index (χ4v) is 16.9. The van der Waals surface area contributed by atoms with E-state index in [9.17, 15) is 45.5 Å². The van der Waals surface area contributed by atoms with Gasteiger partial charge in [-0.25, -0.2) is 47.3 Å². The molecule has 10 aromatic rings. The number of aromatic nitrogens is 10. The molecule has 4 saturated heterocycles. The van der Waals surface area contributed by atoms with Crippen molar-refractivity contribution in [3.05, 3.63) is 200 Å². The lowest BCUT2D eigenvalue weighted by molar-refractivity contribution is -0.890. The van der Waals surface area contributed by atoms with E-state index in [0.717, 1.165) is 119 Å². The molecule has 0 saturated carbocycles. The number of imidazole rings is 2. The third kappa shape index (κ3) is 35.7. The molecular weight excluding hydrogens is 1960 g/mol. The van der Waals surface area contributed by atoms with Crippen LogP contribution in [0.2, 0.25) is 0 Å². The molecule has 4 fully saturated rings. The third-order valence-corrected chi connectivity index (χ3v) is 26.0. The summed E-state index contributed by atoms with van der Waals surface area (Å²) >= 11 is 0. The van der Waals surface area contributed by atoms with Gasteiger partial charge in [-0.1, -0.05) is 48.5 Å². The number of fused-ring (bicyclic) bond motifs is 2. The number of halogens is 6. The number of hydrogen-bond acceptors (Lipinski definition) is 32. The van der Waals surface area contributed by atoms with Crippen molar-refractivity contribution in [1.29, 1.82) is 0 Å². The number of morpholine rings is 2. The van der Waals surface area contributed by atoms with Gasteiger partial charge in [-0.3, -0.25) is 47.8 Å². The van der Waals surface area contributed by atoms with Crippen LogP contribution >= 0.6 is 0 Å². The number of hydrogen-bond donors (Lipinski definition) is 2. The van der Waals surface area contributed by atoms with Crippen LogP contribution in [0, 0.1) is 62.6 Å². The van der Waals surface area contributed by atoms with Crippen molar-refractivity contribution < 1.29 is 122 Å². The summed E-state index contributed by atoms with van der Waals surface area (Å²) in [5.74, 6) is -2.33. The van der Waals surface area contributed by atoms with Gasteiger partial charge in [-0.2, -0.15) is 29.9 Å². The Labute approximate surface area is 871 Å². The molecule has 0 spiro atoms. The number of benzene rings is 6. The maximum atomic E-state index is 14.7. The average molecular weight is 2100 g/mol. The molecule has 14 rings (SSSR count). The Morgan fingerprint density at radius 3 is 1.03 bits per heavy atom. The van der Waals surface area contributed by atoms with Crippen LogP contribution in [0.3, 0.4) is 0 Å². The maximum Gasteiger partial charge on any atom is 0.275 e. The van der Waals surface area contributed by atoms with Crippen LogP contribution in [0.5, 0.6) is 0 Å². The second kappa shape index (κ2) is 59.9. The Bertz CT molecular complexity index is 5940. The summed E-state index contributed by atoms with van der Waals surface area (Å²) < 4.78 is 149. The molecule has 4 aromatic heterocycles. The summed E-state index contributed by atoms with van der Waals surface area (Å²) in [5, 5.41) is 0. The van der Waals surface area contributed by atoms with E-state index >= 15 is 0 Å². The highest BCUT2D eigenvalue weighted by atomic mass is 19.2. The Morgan fingerprint density at radius 1 is 0.353 bits per heavy atom. The number of nitrogens with one attached hydrogen (secondary N) is 2. The normalized spacial score (nSPS) is 14.2. The molecule has 4 aliphatic rings. The highest BCUT2D eigenvalue weighted by molar-refractivity contribution is 5.96. The maximum absolute atomic E-state index is 14.7. The van der Waals surface area contributed by atoms with Gasteiger partial charge >= 0.3 is 0 Å². The first kappa shape index (κ1) is 118. The fourth-order valence-electron chi connectivity index (χ4n) is 16.9. The van der Waals surface area contributed by atoms with Gasteiger partial charge in [-0.15, -0.1) is 0 Å². The SMILES string of the molecule is Cc1ccc(Cc2c(C(=O)NOCCOCCOCCN(C)CC[N+](C)(C)CCOCCOCCC(=O)N3CCN(c4nc(N5CCOCC5)nc(-n5c(C)nc6ccccc65)n4)CC3)ccc(F)c2F)c(F)c1.Cc1ccc(Cc2c(C(=O)NOCCOCCOCC[N+](C)(C)CCN(C)CCOCCOCCC(=O)N3CCN(c4nc(N5CCOCC5)nc(-n5c(C)nc6ccccc65)n4)CC3)ccc(F)c2F)c(F)c1.[OH-].[OH-]. The number of rotatable bonds is 56. The topological polar surface area (TPSA) is 402 Å². The summed E-state index contributed by atoms with van der Waals surface area (Å²) in [6.45, 7) is 30.2. The number of anilines is 4. The highest BCUT2D eigenvalue weighted by Gasteiger charge is 2.32. The molecule has 0 bridgehead atoms. The number of hydroxylamine groups is 2. The van der Waals surface area contributed by atoms with E-state index in [-0.39, 0.29) is 95.4 Å². The molecule has 40 nitrogen and oxygen atoms in total. The van der Waals surface area contributed by atoms with E-state index in [2.05, 4.69) is 82.6 Å². The van der Waals surface area contributed by atoms with E-state index in [1.807, 2.05) is 81.3 Å². The molecule has 46 heteroatoms. The van der Waals surface area contributed by atoms with Gasteiger partial charge in [0.25, 0.3) is 11.8 Å². The van der Waals surface area contributed by atoms with Gasteiger partial charge in [0.1, 0.15) is 36.4 Å². The summed E-state index contributed by atoms with van der Waals surface area (Å²) in [7, 11) is 12.8. The second-order valence-electron chi connectivity index (χ2n) is 38.0. The number of quaternary nitrogens is 2. The number of piperazine rings is 2. The van der Waals surface area contributed by atoms with E-state index in [1.54, 1.807) is 26.0 Å². The summed E-state index contributed by atoms with van der Waals surface area (Å²) in [4.78, 5) is 118. The van der Waals surface area contributed by atoms with Crippen molar-refractivity contribution >= 4 is 69.5 Å². The Hall–Kier alpha value is -11.8. The zero-order valence-corrected chi connectivity index (χ0v) is 87.6. The molecule has 4 amide bonds. The number of carbonyl (C=O) groups excluding carboxylic acids is 4. The van der Waals surface area contributed by atoms with Crippen LogP contribution in [0.4, 0.5) is 50.1 Å². The molecule has 0 radical (unpaired) electrons. The molecule has 0 unspecified atom stereocenters. The Balaban J connectivity index is 0.000000281. The lowest BCUT2D eigenvalue weighted by Gasteiger charge is -2.35. The van der Waals surface area contributed by atoms with Crippen LogP contribution < -0.4 is 30.6 Å². The molecule has 820 valence electrons. The minimum absolute atomic E-state index is 0. The monoisotopic (exact) mass is 2100 g/mol. The predicted molar refractivity (Wildman–Crippen MR) is 548 cm³/mol. The molecule has 4 aliphatic heterocycles. The molecular formula is C104H144F6N22O18. The van der Waals surface area contributed by atoms with Crippen molar-refractivity contribution in [3.63, 3.8) is 0 Å². The summed E-state index contributed by atoms with van der Waals surface area (Å²) in [6, 6.07) is 28.7. The number of ether oxygens (including phenoxy) is 10. The molecule has 150 heavy (non-hydrogen) atoms. The molecule has 0 aliphatic carbocycles. The number of likely N-dealkylation sites (N-methyl/N-ethyl adjacent to an activating group) is 4. The fraction of sp³-hybridized carbons (Fsp3) is 0.538. The number of amides is 4. The molecule has 0 atom stereocenters. The standard InChI is InChI=1S/2C52H70F3N11O8.2H2O/c1-38-10-11-40(44(54)36-38)37-42-41(12-13-43(53)48(42)55)49(68)60-74-35-34-73-33-31-71-26-20-61(3)19-23-66(4,5)24-29-72-32-30-69-25-14-47(67)62-15-17-63(18-16-62)50-57-51(64-21-27-70-28-22-64)59-52(58-50)65-39(2)56-45-8-6-7-9-46(45)65;1-38-10-11-40(44(54)36-38)37-42-41(12-13-43(53)48(42)55)49(68)60-74-35-34-73-33-32-72-29-24-66(4,5)23-19-61(3)20-26-71-31-30-69-25-14-47(67)62-15-17-63(18-16-62)50-57-51(64-21-27-70-28-22-64)59-52(58-50)65-39(2)56-45-8-6-7-9-46(45)65;;/h2*6-13,36H,14-35,37H2,1-5H3;2*1H2. The zero-order valence-electron chi connectivity index (χ0n) is 87.6. The van der Waals surface area contributed by atoms with Gasteiger partial charge in [0.2, 0.25) is 47.5 Å². The van der Waals surface area contributed by atoms with Crippen LogP contribution in [-0.4, -0.2) is 431 Å². The third-order valence-electron chi connectivity index (χ3n) is 26.0. The van der Waals surface area contributed by atoms with E-state index < -0.39 is 46.7 Å². The van der Waals surface area contributed by atoms with Crippen molar-refractivity contribution in [2.45, 2.75) is 53.4 Å². The van der Waals surface area contributed by atoms with E-state index in [1.165, 1.54) is 24.3 Å². The summed E-state index contributed by atoms with van der Waals surface area (Å²) in [5.41, 5.74) is 8.82. The van der Waals surface area contributed by atoms with Crippen LogP contribution in [0.1, 0.15) is 78.6 Å². The van der Waals surface area contributed by atoms with Crippen LogP contribution in [0.25, 0.3) is 34.0 Å². The van der Waals surface area contributed by atoms with E-state index in [4.69, 9.17) is 96.9 Å². The first-order valence-electron chi connectivity index (χ1n) is 50.6. The lowest BCUT2D eigenvalue weighted by Crippen LogP contribution is -2.49. The number of carbonyl (C=O) groups is 4. The second-order valence-corrected chi connectivity index (χ2v) is 38.0. The van der Waals surface area contributed by atoms with Gasteiger partial charge < -0.3 is 96.7 Å². The van der Waals surface area contributed by atoms with Gasteiger partial charge in [-0.05, 0) is 125 Å². The average Bonchev–Trinajstić information content (AvgIpc) is 1.66. The molecule has 4 N–H and O–H groups in total. The molecule has 8 heterocycles. The van der Waals surface area contributed by atoms with Crippen molar-refractivity contribution in [2.75, 3.05) is 338 Å². The Kier molecular flexibility index (Phi) is 47.3. The smallest absolute Gasteiger partial charge is 0.275 e. The first-order chi connectivity index (χ1) is 71.5. The van der Waals surface area contributed by atoms with Gasteiger partial charge in [0.05, 0.1) is 222 Å². The summed E-state index contributed by atoms with van der Waals surface area (Å²) in [6.07, 6.45) is -0.0182. The molecule has 6 aromatic carbocycles. The van der Waals surface area contributed by atoms with Crippen LogP contribution in [-0.2, 0) is 79.5 Å². The largest absolute Gasteiger partial charge is 0.870 e. The first-order valence-corrected chi connectivity index (χ1v) is 50.6. The minimum atomic E-state index is -1.22. The van der Waals surface area contributed by atoms with Crippen molar-refractivity contribution in [2.24, 2.45) is 0 Å². The Morgan fingerprint density at radius 2 is 0.673 bits per heavy atom. The van der Waals surface area contributed by atoms with Crippen molar-refractivity contribution in [3.8, 4) is 11.9 Å². The zero-order chi connectivity index (χ0) is 105. The minimum Gasteiger partial charge on any atom is -0.870 e. The lowest BCUT2D eigenvalue weighted by atomic mass is 9.97. The number of aryl methyl sites for hydroxylation is 4. The highest BCUT2D eigenvalue weighted by Crippen LogP contribution is 2.30. The number of nitrogens with zero attached hydrogens (tertiary/aromatic N) is 20. The van der Waals surface area contributed by atoms with E-state index in [0.29, 0.717) is 257 Å². The van der Waals surface area contributed by atoms with Gasteiger partial charge in [0, 0.05) is 140 Å². The van der Waals surface area contributed by atoms with Crippen molar-refractivity contribution in [1.82, 2.24) is 79.6 Å². The van der Waals surface area contributed by atoms with Crippen LogP contribution in [0.15, 0.2) is 109 Å².